The number of aliphatic carboxylic acids is 1. The first kappa shape index (κ1) is 16.8. The summed E-state index contributed by atoms with van der Waals surface area (Å²) >= 11 is 1.30. The van der Waals surface area contributed by atoms with Crippen LogP contribution in [0.5, 0.6) is 0 Å². The fraction of sp³-hybridized carbons (Fsp3) is 0.615. The SMILES string of the molecule is C[C@@H](O)[C@H]1C(=O)N2C(C(=O)O)=C(SCCNC(=O)CN)C[C@H]12. The third-order valence-corrected chi connectivity index (χ3v) is 4.89. The van der Waals surface area contributed by atoms with Crippen LogP contribution in [0.25, 0.3) is 0 Å². The second-order valence-electron chi connectivity index (χ2n) is 5.23. The van der Waals surface area contributed by atoms with Crippen molar-refractivity contribution in [2.24, 2.45) is 11.7 Å². The average Bonchev–Trinajstić information content (AvgIpc) is 2.77. The summed E-state index contributed by atoms with van der Waals surface area (Å²) in [4.78, 5) is 36.3. The van der Waals surface area contributed by atoms with Gasteiger partial charge in [-0.2, -0.15) is 0 Å². The summed E-state index contributed by atoms with van der Waals surface area (Å²) < 4.78 is 0. The molecule has 2 aliphatic heterocycles. The van der Waals surface area contributed by atoms with Crippen molar-refractivity contribution in [3.8, 4) is 0 Å². The molecule has 22 heavy (non-hydrogen) atoms. The normalized spacial score (nSPS) is 24.9. The van der Waals surface area contributed by atoms with Gasteiger partial charge in [0, 0.05) is 23.6 Å². The summed E-state index contributed by atoms with van der Waals surface area (Å²) in [5.74, 6) is -1.80. The highest BCUT2D eigenvalue weighted by Crippen LogP contribution is 2.46. The Labute approximate surface area is 131 Å². The molecule has 0 unspecified atom stereocenters. The van der Waals surface area contributed by atoms with Crippen molar-refractivity contribution in [1.29, 1.82) is 0 Å². The van der Waals surface area contributed by atoms with Crippen LogP contribution >= 0.6 is 11.8 Å². The van der Waals surface area contributed by atoms with Crippen molar-refractivity contribution in [3.63, 3.8) is 0 Å². The molecule has 2 aliphatic rings. The van der Waals surface area contributed by atoms with Crippen molar-refractivity contribution in [3.05, 3.63) is 10.6 Å². The van der Waals surface area contributed by atoms with Crippen LogP contribution in [-0.2, 0) is 14.4 Å². The number of carboxylic acid groups (broad SMARTS) is 1. The molecular formula is C13H19N3O5S. The van der Waals surface area contributed by atoms with E-state index in [1.807, 2.05) is 0 Å². The van der Waals surface area contributed by atoms with Gasteiger partial charge in [0.25, 0.3) is 0 Å². The van der Waals surface area contributed by atoms with Crippen LogP contribution in [0.1, 0.15) is 13.3 Å². The predicted octanol–water partition coefficient (Wildman–Crippen LogP) is -1.30. The van der Waals surface area contributed by atoms with Crippen molar-refractivity contribution in [2.75, 3.05) is 18.8 Å². The molecule has 0 radical (unpaired) electrons. The van der Waals surface area contributed by atoms with E-state index in [0.29, 0.717) is 23.6 Å². The van der Waals surface area contributed by atoms with Crippen LogP contribution < -0.4 is 11.1 Å². The van der Waals surface area contributed by atoms with E-state index in [9.17, 15) is 24.6 Å². The topological polar surface area (TPSA) is 133 Å². The van der Waals surface area contributed by atoms with Crippen LogP contribution in [0.2, 0.25) is 0 Å². The van der Waals surface area contributed by atoms with Crippen LogP contribution in [-0.4, -0.2) is 63.9 Å². The van der Waals surface area contributed by atoms with Crippen LogP contribution in [0.3, 0.4) is 0 Å². The van der Waals surface area contributed by atoms with E-state index in [1.54, 1.807) is 0 Å². The highest BCUT2D eigenvalue weighted by molar-refractivity contribution is 8.03. The number of nitrogens with one attached hydrogen (secondary N) is 1. The number of carbonyl (C=O) groups is 3. The molecule has 0 bridgehead atoms. The van der Waals surface area contributed by atoms with E-state index in [2.05, 4.69) is 5.32 Å². The molecule has 2 heterocycles. The first-order chi connectivity index (χ1) is 10.4. The first-order valence-electron chi connectivity index (χ1n) is 6.95. The molecule has 9 heteroatoms. The largest absolute Gasteiger partial charge is 0.477 e. The highest BCUT2D eigenvalue weighted by Gasteiger charge is 2.56. The van der Waals surface area contributed by atoms with Crippen molar-refractivity contribution < 1.29 is 24.6 Å². The van der Waals surface area contributed by atoms with Crippen LogP contribution in [0, 0.1) is 5.92 Å². The number of rotatable bonds is 7. The van der Waals surface area contributed by atoms with Gasteiger partial charge in [-0.25, -0.2) is 4.79 Å². The maximum absolute atomic E-state index is 12.0. The molecule has 0 spiro atoms. The molecule has 122 valence electrons. The molecule has 8 nitrogen and oxygen atoms in total. The Bertz CT molecular complexity index is 534. The summed E-state index contributed by atoms with van der Waals surface area (Å²) in [7, 11) is 0. The molecule has 0 aromatic carbocycles. The number of hydrogen-bond acceptors (Lipinski definition) is 6. The number of aliphatic hydroxyl groups excluding tert-OH is 1. The zero-order valence-electron chi connectivity index (χ0n) is 12.1. The lowest BCUT2D eigenvalue weighted by Crippen LogP contribution is -2.61. The minimum absolute atomic E-state index is 0.00190. The molecule has 1 saturated heterocycles. The zero-order valence-corrected chi connectivity index (χ0v) is 12.9. The van der Waals surface area contributed by atoms with Gasteiger partial charge < -0.3 is 26.2 Å². The Morgan fingerprint density at radius 2 is 2.23 bits per heavy atom. The molecule has 0 aromatic heterocycles. The number of hydrogen-bond donors (Lipinski definition) is 4. The Hall–Kier alpha value is -1.58. The molecule has 3 atom stereocenters. The Morgan fingerprint density at radius 3 is 2.77 bits per heavy atom. The standard InChI is InChI=1S/C13H19N3O5S/c1-6(17)10-7-4-8(22-3-2-15-9(18)5-14)11(13(20)21)16(7)12(10)19/h6-7,10,17H,2-5,14H2,1H3,(H,15,18)(H,20,21)/t6-,7-,10-/m1/s1. The van der Waals surface area contributed by atoms with Gasteiger partial charge in [-0.3, -0.25) is 9.59 Å². The molecular weight excluding hydrogens is 310 g/mol. The molecule has 1 fully saturated rings. The number of β-lactam (4-membered cyclic amide) rings is 1. The minimum Gasteiger partial charge on any atom is -0.477 e. The quantitative estimate of drug-likeness (QED) is 0.337. The van der Waals surface area contributed by atoms with Crippen LogP contribution in [0.4, 0.5) is 0 Å². The van der Waals surface area contributed by atoms with E-state index in [4.69, 9.17) is 5.73 Å². The third kappa shape index (κ3) is 2.96. The van der Waals surface area contributed by atoms with Gasteiger partial charge in [0.1, 0.15) is 5.70 Å². The molecule has 0 aliphatic carbocycles. The van der Waals surface area contributed by atoms with Crippen molar-refractivity contribution in [2.45, 2.75) is 25.5 Å². The first-order valence-corrected chi connectivity index (χ1v) is 7.94. The number of aliphatic hydroxyl groups is 1. The van der Waals surface area contributed by atoms with Gasteiger partial charge in [-0.05, 0) is 6.92 Å². The fourth-order valence-electron chi connectivity index (χ4n) is 2.80. The number of carbonyl (C=O) groups excluding carboxylic acids is 2. The van der Waals surface area contributed by atoms with E-state index in [1.165, 1.54) is 23.6 Å². The molecule has 0 aromatic rings. The lowest BCUT2D eigenvalue weighted by molar-refractivity contribution is -0.161. The zero-order chi connectivity index (χ0) is 16.4. The van der Waals surface area contributed by atoms with E-state index in [-0.39, 0.29) is 30.1 Å². The van der Waals surface area contributed by atoms with Gasteiger partial charge >= 0.3 is 5.97 Å². The lowest BCUT2D eigenvalue weighted by Gasteiger charge is -2.44. The Kier molecular flexibility index (Phi) is 5.09. The molecule has 2 amide bonds. The second-order valence-corrected chi connectivity index (χ2v) is 6.42. The van der Waals surface area contributed by atoms with E-state index in [0.717, 1.165) is 0 Å². The number of carboxylic acids is 1. The third-order valence-electron chi connectivity index (χ3n) is 3.78. The van der Waals surface area contributed by atoms with E-state index < -0.39 is 18.0 Å². The summed E-state index contributed by atoms with van der Waals surface area (Å²) in [6.07, 6.45) is -0.365. The van der Waals surface area contributed by atoms with Crippen molar-refractivity contribution >= 4 is 29.5 Å². The highest BCUT2D eigenvalue weighted by atomic mass is 32.2. The van der Waals surface area contributed by atoms with E-state index >= 15 is 0 Å². The van der Waals surface area contributed by atoms with Crippen molar-refractivity contribution in [1.82, 2.24) is 10.2 Å². The van der Waals surface area contributed by atoms with Gasteiger partial charge in [-0.1, -0.05) is 0 Å². The molecule has 0 saturated carbocycles. The maximum atomic E-state index is 12.0. The number of nitrogens with two attached hydrogens (primary N) is 1. The maximum Gasteiger partial charge on any atom is 0.353 e. The van der Waals surface area contributed by atoms with Gasteiger partial charge in [0.2, 0.25) is 11.8 Å². The summed E-state index contributed by atoms with van der Waals surface area (Å²) in [6, 6.07) is -0.278. The summed E-state index contributed by atoms with van der Waals surface area (Å²) in [5, 5.41) is 21.5. The Morgan fingerprint density at radius 1 is 1.55 bits per heavy atom. The fourth-order valence-corrected chi connectivity index (χ4v) is 3.86. The van der Waals surface area contributed by atoms with Gasteiger partial charge in [0.15, 0.2) is 0 Å². The smallest absolute Gasteiger partial charge is 0.353 e. The van der Waals surface area contributed by atoms with Gasteiger partial charge in [0.05, 0.1) is 24.6 Å². The summed E-state index contributed by atoms with van der Waals surface area (Å²) in [6.45, 7) is 1.82. The predicted molar refractivity (Wildman–Crippen MR) is 79.6 cm³/mol. The monoisotopic (exact) mass is 329 g/mol. The van der Waals surface area contributed by atoms with Crippen LogP contribution in [0.15, 0.2) is 10.6 Å². The number of nitrogens with zero attached hydrogens (tertiary/aromatic N) is 1. The second kappa shape index (κ2) is 6.67. The molecule has 2 rings (SSSR count). The number of thioether (sulfide) groups is 1. The number of amides is 2. The minimum atomic E-state index is -1.15. The molecule has 5 N–H and O–H groups in total. The number of fused-ring (bicyclic) bond motifs is 1. The van der Waals surface area contributed by atoms with Gasteiger partial charge in [-0.15, -0.1) is 11.8 Å². The average molecular weight is 329 g/mol. The summed E-state index contributed by atoms with van der Waals surface area (Å²) in [5.41, 5.74) is 5.17. The Balaban J connectivity index is 2.00. The lowest BCUT2D eigenvalue weighted by atomic mass is 9.83.